The highest BCUT2D eigenvalue weighted by atomic mass is 79.9. The van der Waals surface area contributed by atoms with E-state index in [1.807, 2.05) is 6.07 Å². The number of nitrogens with one attached hydrogen (secondary N) is 1. The lowest BCUT2D eigenvalue weighted by molar-refractivity contribution is 0.579. The summed E-state index contributed by atoms with van der Waals surface area (Å²) in [6, 6.07) is 5.10. The summed E-state index contributed by atoms with van der Waals surface area (Å²) in [5.41, 5.74) is 4.97. The van der Waals surface area contributed by atoms with Crippen molar-refractivity contribution in [1.29, 1.82) is 0 Å². The summed E-state index contributed by atoms with van der Waals surface area (Å²) in [6.07, 6.45) is 8.04. The van der Waals surface area contributed by atoms with Crippen LogP contribution in [0.25, 0.3) is 0 Å². The molecule has 1 unspecified atom stereocenters. The van der Waals surface area contributed by atoms with Crippen molar-refractivity contribution in [2.75, 3.05) is 0 Å². The van der Waals surface area contributed by atoms with E-state index in [-0.39, 0.29) is 11.9 Å². The summed E-state index contributed by atoms with van der Waals surface area (Å²) in [4.78, 5) is 0. The third kappa shape index (κ3) is 3.19. The number of allylic oxidation sites excluding steroid dienone is 1. The lowest BCUT2D eigenvalue weighted by atomic mass is 9.95. The van der Waals surface area contributed by atoms with E-state index in [9.17, 15) is 4.39 Å². The van der Waals surface area contributed by atoms with Gasteiger partial charge in [-0.25, -0.2) is 9.82 Å². The van der Waals surface area contributed by atoms with Gasteiger partial charge in [0.1, 0.15) is 5.82 Å². The molecule has 3 N–H and O–H groups in total. The van der Waals surface area contributed by atoms with Crippen molar-refractivity contribution < 1.29 is 4.39 Å². The van der Waals surface area contributed by atoms with Gasteiger partial charge in [0.25, 0.3) is 0 Å². The van der Waals surface area contributed by atoms with Crippen LogP contribution in [0.4, 0.5) is 4.39 Å². The van der Waals surface area contributed by atoms with Gasteiger partial charge in [-0.1, -0.05) is 24.1 Å². The highest BCUT2D eigenvalue weighted by molar-refractivity contribution is 9.10. The fraction of sp³-hybridized carbons (Fsp3) is 0.429. The molecule has 2 nitrogen and oxygen atoms in total. The molecule has 98 valence electrons. The van der Waals surface area contributed by atoms with Crippen molar-refractivity contribution in [1.82, 2.24) is 5.43 Å². The van der Waals surface area contributed by atoms with E-state index < -0.39 is 0 Å². The van der Waals surface area contributed by atoms with E-state index in [0.717, 1.165) is 18.4 Å². The summed E-state index contributed by atoms with van der Waals surface area (Å²) < 4.78 is 14.1. The first-order valence-corrected chi connectivity index (χ1v) is 7.11. The van der Waals surface area contributed by atoms with Crippen molar-refractivity contribution in [3.8, 4) is 0 Å². The Balaban J connectivity index is 2.26. The number of nitrogens with two attached hydrogens (primary N) is 1. The summed E-state index contributed by atoms with van der Waals surface area (Å²) in [5.74, 6) is 5.40. The molecule has 0 aromatic heterocycles. The van der Waals surface area contributed by atoms with Crippen molar-refractivity contribution in [2.24, 2.45) is 5.84 Å². The van der Waals surface area contributed by atoms with Gasteiger partial charge in [0.05, 0.1) is 10.5 Å². The molecule has 0 radical (unpaired) electrons. The van der Waals surface area contributed by atoms with Crippen LogP contribution in [0.15, 0.2) is 34.3 Å². The molecule has 1 aromatic carbocycles. The van der Waals surface area contributed by atoms with Gasteiger partial charge in [-0.05, 0) is 59.3 Å². The molecule has 4 heteroatoms. The summed E-state index contributed by atoms with van der Waals surface area (Å²) in [7, 11) is 0. The Morgan fingerprint density at radius 2 is 2.11 bits per heavy atom. The molecular formula is C14H18BrFN2. The fourth-order valence-electron chi connectivity index (χ4n) is 2.41. The zero-order chi connectivity index (χ0) is 13.0. The fourth-order valence-corrected chi connectivity index (χ4v) is 2.66. The molecule has 1 atom stereocenters. The van der Waals surface area contributed by atoms with Gasteiger partial charge >= 0.3 is 0 Å². The predicted octanol–water partition coefficient (Wildman–Crippen LogP) is 3.98. The van der Waals surface area contributed by atoms with E-state index in [4.69, 9.17) is 5.84 Å². The monoisotopic (exact) mass is 312 g/mol. The zero-order valence-corrected chi connectivity index (χ0v) is 11.8. The molecule has 0 bridgehead atoms. The van der Waals surface area contributed by atoms with Crippen LogP contribution in [-0.2, 0) is 0 Å². The molecule has 1 aromatic rings. The Bertz CT molecular complexity index is 445. The third-order valence-corrected chi connectivity index (χ3v) is 4.03. The maximum Gasteiger partial charge on any atom is 0.137 e. The third-order valence-electron chi connectivity index (χ3n) is 3.39. The van der Waals surface area contributed by atoms with Crippen molar-refractivity contribution in [2.45, 2.75) is 38.1 Å². The lowest BCUT2D eigenvalue weighted by Crippen LogP contribution is -2.29. The molecule has 0 amide bonds. The topological polar surface area (TPSA) is 38.0 Å². The van der Waals surface area contributed by atoms with Gasteiger partial charge in [-0.2, -0.15) is 0 Å². The van der Waals surface area contributed by atoms with Crippen molar-refractivity contribution in [3.63, 3.8) is 0 Å². The minimum atomic E-state index is -0.248. The van der Waals surface area contributed by atoms with Crippen LogP contribution in [0, 0.1) is 5.82 Å². The average Bonchev–Trinajstić information content (AvgIpc) is 2.64. The second-order valence-corrected chi connectivity index (χ2v) is 5.51. The second-order valence-electron chi connectivity index (χ2n) is 4.65. The average molecular weight is 313 g/mol. The van der Waals surface area contributed by atoms with Gasteiger partial charge in [0.2, 0.25) is 0 Å². The smallest absolute Gasteiger partial charge is 0.137 e. The van der Waals surface area contributed by atoms with Crippen LogP contribution in [0.2, 0.25) is 0 Å². The molecule has 1 aliphatic carbocycles. The standard InChI is InChI=1S/C14H18BrFN2/c15-12-8-7-11(9-13(12)16)14(18-17)10-5-3-1-2-4-6-10/h5,7-9,14,18H,1-4,6,17H2. The van der Waals surface area contributed by atoms with Gasteiger partial charge in [0.15, 0.2) is 0 Å². The van der Waals surface area contributed by atoms with Crippen LogP contribution in [-0.4, -0.2) is 0 Å². The van der Waals surface area contributed by atoms with Crippen molar-refractivity contribution >= 4 is 15.9 Å². The van der Waals surface area contributed by atoms with Crippen LogP contribution in [0.3, 0.4) is 0 Å². The molecule has 0 heterocycles. The molecule has 1 aliphatic rings. The van der Waals surface area contributed by atoms with Gasteiger partial charge in [-0.3, -0.25) is 5.84 Å². The highest BCUT2D eigenvalue weighted by Crippen LogP contribution is 2.30. The maximum atomic E-state index is 13.6. The second kappa shape index (κ2) is 6.45. The van der Waals surface area contributed by atoms with Gasteiger partial charge in [0, 0.05) is 0 Å². The minimum absolute atomic E-state index is 0.0781. The first-order valence-electron chi connectivity index (χ1n) is 6.32. The highest BCUT2D eigenvalue weighted by Gasteiger charge is 2.17. The van der Waals surface area contributed by atoms with E-state index in [2.05, 4.69) is 27.4 Å². The number of rotatable bonds is 3. The number of benzene rings is 1. The Labute approximate surface area is 116 Å². The first-order chi connectivity index (χ1) is 8.72. The molecule has 0 saturated heterocycles. The predicted molar refractivity (Wildman–Crippen MR) is 75.3 cm³/mol. The lowest BCUT2D eigenvalue weighted by Gasteiger charge is -2.20. The number of hydrazine groups is 1. The SMILES string of the molecule is NNC(C1=CCCCCC1)c1ccc(Br)c(F)c1. The normalized spacial score (nSPS) is 18.1. The first kappa shape index (κ1) is 13.7. The molecule has 0 spiro atoms. The molecule has 0 fully saturated rings. The molecular weight excluding hydrogens is 295 g/mol. The van der Waals surface area contributed by atoms with E-state index in [1.54, 1.807) is 12.1 Å². The quantitative estimate of drug-likeness (QED) is 0.503. The molecule has 18 heavy (non-hydrogen) atoms. The Morgan fingerprint density at radius 1 is 1.28 bits per heavy atom. The van der Waals surface area contributed by atoms with E-state index in [0.29, 0.717) is 4.47 Å². The Kier molecular flexibility index (Phi) is 4.92. The number of halogens is 2. The van der Waals surface area contributed by atoms with Gasteiger partial charge < -0.3 is 0 Å². The maximum absolute atomic E-state index is 13.6. The Hall–Kier alpha value is -0.710. The minimum Gasteiger partial charge on any atom is -0.271 e. The van der Waals surface area contributed by atoms with E-state index >= 15 is 0 Å². The summed E-state index contributed by atoms with van der Waals surface area (Å²) in [5, 5.41) is 0. The Morgan fingerprint density at radius 3 is 2.83 bits per heavy atom. The number of hydrogen-bond acceptors (Lipinski definition) is 2. The van der Waals surface area contributed by atoms with Crippen molar-refractivity contribution in [3.05, 3.63) is 45.7 Å². The van der Waals surface area contributed by atoms with E-state index in [1.165, 1.54) is 24.8 Å². The van der Waals surface area contributed by atoms with Crippen LogP contribution in [0.1, 0.15) is 43.7 Å². The van der Waals surface area contributed by atoms with Gasteiger partial charge in [-0.15, -0.1) is 0 Å². The molecule has 2 rings (SSSR count). The zero-order valence-electron chi connectivity index (χ0n) is 10.3. The summed E-state index contributed by atoms with van der Waals surface area (Å²) in [6.45, 7) is 0. The molecule has 0 aliphatic heterocycles. The van der Waals surface area contributed by atoms with Crippen LogP contribution in [0.5, 0.6) is 0 Å². The summed E-state index contributed by atoms with van der Waals surface area (Å²) >= 11 is 3.17. The largest absolute Gasteiger partial charge is 0.271 e. The van der Waals surface area contributed by atoms with Crippen LogP contribution >= 0.6 is 15.9 Å². The van der Waals surface area contributed by atoms with Crippen LogP contribution < -0.4 is 11.3 Å². The molecule has 0 saturated carbocycles. The number of hydrogen-bond donors (Lipinski definition) is 2.